The zero-order valence-corrected chi connectivity index (χ0v) is 9.13. The molecule has 0 saturated carbocycles. The van der Waals surface area contributed by atoms with Crippen molar-refractivity contribution in [3.05, 3.63) is 52.1 Å². The molecule has 0 unspecified atom stereocenters. The molecule has 1 aromatic rings. The number of nitro benzene ring substituents is 1. The van der Waals surface area contributed by atoms with Crippen molar-refractivity contribution in [2.24, 2.45) is 5.73 Å². The fourth-order valence-electron chi connectivity index (χ4n) is 1.19. The van der Waals surface area contributed by atoms with Gasteiger partial charge < -0.3 is 11.1 Å². The molecule has 17 heavy (non-hydrogen) atoms. The SMILES string of the molecule is NC/C=C/CNC(=O)c1cccc([N+](=O)[O-])c1. The van der Waals surface area contributed by atoms with Crippen LogP contribution in [-0.2, 0) is 0 Å². The van der Waals surface area contributed by atoms with Crippen molar-refractivity contribution in [2.75, 3.05) is 13.1 Å². The maximum atomic E-state index is 11.6. The highest BCUT2D eigenvalue weighted by molar-refractivity contribution is 5.94. The van der Waals surface area contributed by atoms with E-state index in [0.717, 1.165) is 0 Å². The van der Waals surface area contributed by atoms with Crippen molar-refractivity contribution >= 4 is 11.6 Å². The number of carbonyl (C=O) groups is 1. The van der Waals surface area contributed by atoms with E-state index in [1.54, 1.807) is 12.2 Å². The molecule has 1 amide bonds. The van der Waals surface area contributed by atoms with Crippen molar-refractivity contribution in [3.8, 4) is 0 Å². The van der Waals surface area contributed by atoms with Crippen LogP contribution in [0, 0.1) is 10.1 Å². The van der Waals surface area contributed by atoms with E-state index in [-0.39, 0.29) is 17.2 Å². The zero-order valence-electron chi connectivity index (χ0n) is 9.13. The molecule has 6 heteroatoms. The second-order valence-electron chi connectivity index (χ2n) is 3.22. The van der Waals surface area contributed by atoms with Gasteiger partial charge in [0, 0.05) is 30.8 Å². The highest BCUT2D eigenvalue weighted by atomic mass is 16.6. The molecule has 6 nitrogen and oxygen atoms in total. The molecule has 90 valence electrons. The van der Waals surface area contributed by atoms with Crippen molar-refractivity contribution in [3.63, 3.8) is 0 Å². The summed E-state index contributed by atoms with van der Waals surface area (Å²) in [6.45, 7) is 0.755. The van der Waals surface area contributed by atoms with E-state index in [1.165, 1.54) is 24.3 Å². The zero-order chi connectivity index (χ0) is 12.7. The summed E-state index contributed by atoms with van der Waals surface area (Å²) in [6, 6.07) is 5.57. The summed E-state index contributed by atoms with van der Waals surface area (Å²) in [5, 5.41) is 13.1. The third-order valence-corrected chi connectivity index (χ3v) is 2.00. The maximum Gasteiger partial charge on any atom is 0.270 e. The van der Waals surface area contributed by atoms with E-state index in [2.05, 4.69) is 5.32 Å². The first kappa shape index (κ1) is 12.9. The van der Waals surface area contributed by atoms with Crippen molar-refractivity contribution < 1.29 is 9.72 Å². The maximum absolute atomic E-state index is 11.6. The first-order valence-electron chi connectivity index (χ1n) is 5.03. The summed E-state index contributed by atoms with van der Waals surface area (Å²) in [7, 11) is 0. The van der Waals surface area contributed by atoms with Gasteiger partial charge in [0.2, 0.25) is 0 Å². The molecule has 1 aromatic carbocycles. The Bertz CT molecular complexity index is 443. The topological polar surface area (TPSA) is 98.3 Å². The molecule has 0 fully saturated rings. The van der Waals surface area contributed by atoms with Gasteiger partial charge in [-0.05, 0) is 6.07 Å². The number of amides is 1. The Hall–Kier alpha value is -2.21. The highest BCUT2D eigenvalue weighted by Gasteiger charge is 2.10. The molecular weight excluding hydrogens is 222 g/mol. The molecule has 0 aliphatic carbocycles. The standard InChI is InChI=1S/C11H13N3O3/c12-6-1-2-7-13-11(15)9-4-3-5-10(8-9)14(16)17/h1-5,8H,6-7,12H2,(H,13,15)/b2-1+. The number of nitrogens with two attached hydrogens (primary N) is 1. The lowest BCUT2D eigenvalue weighted by atomic mass is 10.2. The fourth-order valence-corrected chi connectivity index (χ4v) is 1.19. The monoisotopic (exact) mass is 235 g/mol. The predicted octanol–water partition coefficient (Wildman–Crippen LogP) is 0.839. The largest absolute Gasteiger partial charge is 0.349 e. The molecule has 0 aliphatic heterocycles. The lowest BCUT2D eigenvalue weighted by Gasteiger charge is -2.01. The lowest BCUT2D eigenvalue weighted by molar-refractivity contribution is -0.384. The molecule has 0 aliphatic rings. The molecule has 0 bridgehead atoms. The van der Waals surface area contributed by atoms with Crippen molar-refractivity contribution in [1.82, 2.24) is 5.32 Å². The van der Waals surface area contributed by atoms with E-state index in [4.69, 9.17) is 5.73 Å². The van der Waals surface area contributed by atoms with Gasteiger partial charge in [0.05, 0.1) is 4.92 Å². The van der Waals surface area contributed by atoms with Gasteiger partial charge >= 0.3 is 0 Å². The van der Waals surface area contributed by atoms with E-state index in [0.29, 0.717) is 13.1 Å². The van der Waals surface area contributed by atoms with Gasteiger partial charge in [0.25, 0.3) is 11.6 Å². The Labute approximate surface area is 98.3 Å². The van der Waals surface area contributed by atoms with Gasteiger partial charge in [0.1, 0.15) is 0 Å². The molecule has 1 rings (SSSR count). The fraction of sp³-hybridized carbons (Fsp3) is 0.182. The number of nitro groups is 1. The number of non-ortho nitro benzene ring substituents is 1. The van der Waals surface area contributed by atoms with E-state index in [1.807, 2.05) is 0 Å². The van der Waals surface area contributed by atoms with Crippen molar-refractivity contribution in [2.45, 2.75) is 0 Å². The summed E-state index contributed by atoms with van der Waals surface area (Å²) in [5.74, 6) is -0.352. The average Bonchev–Trinajstić information content (AvgIpc) is 2.34. The van der Waals surface area contributed by atoms with Crippen LogP contribution in [0.25, 0.3) is 0 Å². The number of benzene rings is 1. The second-order valence-corrected chi connectivity index (χ2v) is 3.22. The van der Waals surface area contributed by atoms with Gasteiger partial charge in [-0.1, -0.05) is 18.2 Å². The Morgan fingerprint density at radius 1 is 1.47 bits per heavy atom. The molecule has 0 atom stereocenters. The molecular formula is C11H13N3O3. The summed E-state index contributed by atoms with van der Waals surface area (Å²) in [5.41, 5.74) is 5.40. The van der Waals surface area contributed by atoms with Gasteiger partial charge in [-0.2, -0.15) is 0 Å². The molecule has 0 aromatic heterocycles. The van der Waals surface area contributed by atoms with Crippen LogP contribution in [0.4, 0.5) is 5.69 Å². The summed E-state index contributed by atoms with van der Waals surface area (Å²) < 4.78 is 0. The normalized spacial score (nSPS) is 10.4. The number of carbonyl (C=O) groups excluding carboxylic acids is 1. The Morgan fingerprint density at radius 2 is 2.24 bits per heavy atom. The van der Waals surface area contributed by atoms with Crippen LogP contribution in [0.1, 0.15) is 10.4 Å². The van der Waals surface area contributed by atoms with E-state index >= 15 is 0 Å². The Morgan fingerprint density at radius 3 is 2.88 bits per heavy atom. The quantitative estimate of drug-likeness (QED) is 0.449. The van der Waals surface area contributed by atoms with Crippen molar-refractivity contribution in [1.29, 1.82) is 0 Å². The van der Waals surface area contributed by atoms with Crippen LogP contribution in [0.15, 0.2) is 36.4 Å². The number of nitrogens with zero attached hydrogens (tertiary/aromatic N) is 1. The highest BCUT2D eigenvalue weighted by Crippen LogP contribution is 2.12. The number of nitrogens with one attached hydrogen (secondary N) is 1. The Kier molecular flexibility index (Phi) is 4.83. The van der Waals surface area contributed by atoms with Crippen LogP contribution in [0.3, 0.4) is 0 Å². The van der Waals surface area contributed by atoms with Crippen LogP contribution in [0.5, 0.6) is 0 Å². The van der Waals surface area contributed by atoms with E-state index < -0.39 is 4.92 Å². The van der Waals surface area contributed by atoms with Gasteiger partial charge in [-0.15, -0.1) is 0 Å². The number of rotatable bonds is 5. The van der Waals surface area contributed by atoms with Crippen LogP contribution < -0.4 is 11.1 Å². The third kappa shape index (κ3) is 4.04. The second kappa shape index (κ2) is 6.39. The molecule has 0 saturated heterocycles. The first-order chi connectivity index (χ1) is 8.15. The molecule has 0 spiro atoms. The summed E-state index contributed by atoms with van der Waals surface area (Å²) >= 11 is 0. The minimum Gasteiger partial charge on any atom is -0.349 e. The van der Waals surface area contributed by atoms with Crippen LogP contribution in [-0.4, -0.2) is 23.9 Å². The minimum atomic E-state index is -0.537. The first-order valence-corrected chi connectivity index (χ1v) is 5.03. The summed E-state index contributed by atoms with van der Waals surface area (Å²) in [6.07, 6.45) is 3.43. The third-order valence-electron chi connectivity index (χ3n) is 2.00. The smallest absolute Gasteiger partial charge is 0.270 e. The number of hydrogen-bond donors (Lipinski definition) is 2. The van der Waals surface area contributed by atoms with Crippen LogP contribution >= 0.6 is 0 Å². The van der Waals surface area contributed by atoms with Gasteiger partial charge in [-0.25, -0.2) is 0 Å². The van der Waals surface area contributed by atoms with Gasteiger partial charge in [-0.3, -0.25) is 14.9 Å². The predicted molar refractivity (Wildman–Crippen MR) is 63.6 cm³/mol. The van der Waals surface area contributed by atoms with Gasteiger partial charge in [0.15, 0.2) is 0 Å². The minimum absolute atomic E-state index is 0.102. The molecule has 0 heterocycles. The number of hydrogen-bond acceptors (Lipinski definition) is 4. The lowest BCUT2D eigenvalue weighted by Crippen LogP contribution is -2.23. The van der Waals surface area contributed by atoms with E-state index in [9.17, 15) is 14.9 Å². The molecule has 0 radical (unpaired) electrons. The summed E-state index contributed by atoms with van der Waals surface area (Å²) in [4.78, 5) is 21.6. The van der Waals surface area contributed by atoms with Crippen LogP contribution in [0.2, 0.25) is 0 Å². The molecule has 3 N–H and O–H groups in total. The average molecular weight is 235 g/mol. The Balaban J connectivity index is 2.66.